The first-order valence-corrected chi connectivity index (χ1v) is 7.71. The van der Waals surface area contributed by atoms with E-state index in [1.807, 2.05) is 0 Å². The van der Waals surface area contributed by atoms with Gasteiger partial charge in [0.1, 0.15) is 9.84 Å². The molecule has 1 atom stereocenters. The van der Waals surface area contributed by atoms with Gasteiger partial charge < -0.3 is 10.2 Å². The van der Waals surface area contributed by atoms with Crippen LogP contribution in [-0.4, -0.2) is 57.5 Å². The standard InChI is InChI=1S/C10H22N2O2S/c1-3-10-9-12(6-4-5-11-10)7-8-15(2,13)14/h10-11H,3-9H2,1-2H3. The highest BCUT2D eigenvalue weighted by Crippen LogP contribution is 2.03. The van der Waals surface area contributed by atoms with Crippen molar-refractivity contribution in [2.45, 2.75) is 25.8 Å². The Balaban J connectivity index is 2.39. The van der Waals surface area contributed by atoms with Crippen molar-refractivity contribution in [3.63, 3.8) is 0 Å². The fourth-order valence-electron chi connectivity index (χ4n) is 1.85. The first-order chi connectivity index (χ1) is 7.01. The van der Waals surface area contributed by atoms with Crippen molar-refractivity contribution >= 4 is 9.84 Å². The van der Waals surface area contributed by atoms with E-state index in [-0.39, 0.29) is 5.75 Å². The van der Waals surface area contributed by atoms with Gasteiger partial charge in [-0.25, -0.2) is 8.42 Å². The molecule has 0 radical (unpaired) electrons. The van der Waals surface area contributed by atoms with Gasteiger partial charge in [-0.15, -0.1) is 0 Å². The molecule has 1 saturated heterocycles. The van der Waals surface area contributed by atoms with Gasteiger partial charge in [-0.2, -0.15) is 0 Å². The Morgan fingerprint density at radius 3 is 2.80 bits per heavy atom. The summed E-state index contributed by atoms with van der Waals surface area (Å²) >= 11 is 0. The normalized spacial score (nSPS) is 25.1. The van der Waals surface area contributed by atoms with Crippen molar-refractivity contribution in [3.8, 4) is 0 Å². The molecule has 1 unspecified atom stereocenters. The highest BCUT2D eigenvalue weighted by Gasteiger charge is 2.16. The second kappa shape index (κ2) is 5.82. The molecule has 1 fully saturated rings. The van der Waals surface area contributed by atoms with Crippen molar-refractivity contribution in [1.82, 2.24) is 10.2 Å². The predicted molar refractivity (Wildman–Crippen MR) is 62.8 cm³/mol. The Labute approximate surface area is 93.0 Å². The zero-order chi connectivity index (χ0) is 11.3. The van der Waals surface area contributed by atoms with E-state index in [0.29, 0.717) is 12.6 Å². The molecule has 0 aromatic heterocycles. The molecule has 0 amide bonds. The molecular weight excluding hydrogens is 212 g/mol. The van der Waals surface area contributed by atoms with E-state index in [0.717, 1.165) is 32.5 Å². The monoisotopic (exact) mass is 234 g/mol. The third-order valence-electron chi connectivity index (χ3n) is 2.83. The minimum atomic E-state index is -2.82. The lowest BCUT2D eigenvalue weighted by Gasteiger charge is -2.23. The molecule has 1 heterocycles. The van der Waals surface area contributed by atoms with Crippen LogP contribution in [0.5, 0.6) is 0 Å². The topological polar surface area (TPSA) is 49.4 Å². The summed E-state index contributed by atoms with van der Waals surface area (Å²) < 4.78 is 22.1. The van der Waals surface area contributed by atoms with Crippen LogP contribution in [0.3, 0.4) is 0 Å². The first kappa shape index (κ1) is 12.9. The molecule has 1 rings (SSSR count). The van der Waals surface area contributed by atoms with Crippen LogP contribution in [0, 0.1) is 0 Å². The highest BCUT2D eigenvalue weighted by molar-refractivity contribution is 7.90. The van der Waals surface area contributed by atoms with Crippen LogP contribution in [-0.2, 0) is 9.84 Å². The molecule has 0 aromatic rings. The minimum Gasteiger partial charge on any atom is -0.313 e. The lowest BCUT2D eigenvalue weighted by atomic mass is 10.2. The van der Waals surface area contributed by atoms with Crippen molar-refractivity contribution < 1.29 is 8.42 Å². The van der Waals surface area contributed by atoms with E-state index in [1.54, 1.807) is 0 Å². The van der Waals surface area contributed by atoms with Gasteiger partial charge in [0, 0.05) is 25.4 Å². The smallest absolute Gasteiger partial charge is 0.148 e. The molecule has 0 spiro atoms. The number of hydrogen-bond donors (Lipinski definition) is 1. The number of hydrogen-bond acceptors (Lipinski definition) is 4. The van der Waals surface area contributed by atoms with Gasteiger partial charge >= 0.3 is 0 Å². The highest BCUT2D eigenvalue weighted by atomic mass is 32.2. The van der Waals surface area contributed by atoms with Gasteiger partial charge in [0.25, 0.3) is 0 Å². The average molecular weight is 234 g/mol. The molecule has 90 valence electrons. The number of nitrogens with one attached hydrogen (secondary N) is 1. The second-order valence-electron chi connectivity index (χ2n) is 4.34. The maximum Gasteiger partial charge on any atom is 0.148 e. The van der Waals surface area contributed by atoms with E-state index in [9.17, 15) is 8.42 Å². The first-order valence-electron chi connectivity index (χ1n) is 5.64. The maximum absolute atomic E-state index is 11.1. The van der Waals surface area contributed by atoms with E-state index in [2.05, 4.69) is 17.1 Å². The van der Waals surface area contributed by atoms with Crippen LogP contribution < -0.4 is 5.32 Å². The molecule has 0 aromatic carbocycles. The maximum atomic E-state index is 11.1. The summed E-state index contributed by atoms with van der Waals surface area (Å²) in [6.45, 7) is 5.88. The van der Waals surface area contributed by atoms with E-state index in [4.69, 9.17) is 0 Å². The predicted octanol–water partition coefficient (Wildman–Crippen LogP) is 0.105. The summed E-state index contributed by atoms with van der Waals surface area (Å²) in [7, 11) is -2.82. The molecule has 1 aliphatic heterocycles. The minimum absolute atomic E-state index is 0.281. The molecule has 0 saturated carbocycles. The summed E-state index contributed by atoms with van der Waals surface area (Å²) in [5.41, 5.74) is 0. The summed E-state index contributed by atoms with van der Waals surface area (Å²) in [6, 6.07) is 0.520. The van der Waals surface area contributed by atoms with Crippen LogP contribution in [0.15, 0.2) is 0 Å². The molecular formula is C10H22N2O2S. The van der Waals surface area contributed by atoms with Crippen molar-refractivity contribution in [1.29, 1.82) is 0 Å². The van der Waals surface area contributed by atoms with Crippen LogP contribution in [0.1, 0.15) is 19.8 Å². The molecule has 1 N–H and O–H groups in total. The average Bonchev–Trinajstić information content (AvgIpc) is 2.38. The van der Waals surface area contributed by atoms with Gasteiger partial charge in [0.15, 0.2) is 0 Å². The Kier molecular flexibility index (Phi) is 5.02. The molecule has 4 nitrogen and oxygen atoms in total. The van der Waals surface area contributed by atoms with Gasteiger partial charge in [-0.05, 0) is 25.9 Å². The van der Waals surface area contributed by atoms with Gasteiger partial charge in [-0.3, -0.25) is 0 Å². The Hall–Kier alpha value is -0.130. The molecule has 5 heteroatoms. The third kappa shape index (κ3) is 5.49. The molecule has 1 aliphatic rings. The van der Waals surface area contributed by atoms with Crippen LogP contribution in [0.4, 0.5) is 0 Å². The second-order valence-corrected chi connectivity index (χ2v) is 6.60. The van der Waals surface area contributed by atoms with Gasteiger partial charge in [0.05, 0.1) is 5.75 Å². The largest absolute Gasteiger partial charge is 0.313 e. The van der Waals surface area contributed by atoms with Crippen LogP contribution >= 0.6 is 0 Å². The quantitative estimate of drug-likeness (QED) is 0.750. The van der Waals surface area contributed by atoms with Crippen molar-refractivity contribution in [2.24, 2.45) is 0 Å². The fraction of sp³-hybridized carbons (Fsp3) is 1.00. The molecule has 15 heavy (non-hydrogen) atoms. The number of rotatable bonds is 4. The zero-order valence-corrected chi connectivity index (χ0v) is 10.5. The molecule has 0 aliphatic carbocycles. The Morgan fingerprint density at radius 1 is 1.47 bits per heavy atom. The van der Waals surface area contributed by atoms with Crippen LogP contribution in [0.2, 0.25) is 0 Å². The summed E-state index contributed by atoms with van der Waals surface area (Å²) in [6.07, 6.45) is 3.52. The van der Waals surface area contributed by atoms with E-state index in [1.165, 1.54) is 6.26 Å². The Morgan fingerprint density at radius 2 is 2.20 bits per heavy atom. The number of nitrogens with zero attached hydrogens (tertiary/aromatic N) is 1. The van der Waals surface area contributed by atoms with Gasteiger partial charge in [0.2, 0.25) is 0 Å². The van der Waals surface area contributed by atoms with E-state index < -0.39 is 9.84 Å². The lowest BCUT2D eigenvalue weighted by molar-refractivity contribution is 0.279. The van der Waals surface area contributed by atoms with Crippen molar-refractivity contribution in [3.05, 3.63) is 0 Å². The fourth-order valence-corrected chi connectivity index (χ4v) is 2.44. The third-order valence-corrected chi connectivity index (χ3v) is 3.76. The molecule has 0 bridgehead atoms. The van der Waals surface area contributed by atoms with Crippen molar-refractivity contribution in [2.75, 3.05) is 38.2 Å². The van der Waals surface area contributed by atoms with Gasteiger partial charge in [-0.1, -0.05) is 6.92 Å². The van der Waals surface area contributed by atoms with Crippen LogP contribution in [0.25, 0.3) is 0 Å². The summed E-state index contributed by atoms with van der Waals surface area (Å²) in [5.74, 6) is 0.281. The summed E-state index contributed by atoms with van der Waals surface area (Å²) in [5, 5.41) is 3.47. The SMILES string of the molecule is CCC1CN(CCS(C)(=O)=O)CCCN1. The van der Waals surface area contributed by atoms with E-state index >= 15 is 0 Å². The number of sulfone groups is 1. The Bertz CT molecular complexity index is 277. The zero-order valence-electron chi connectivity index (χ0n) is 9.70. The summed E-state index contributed by atoms with van der Waals surface area (Å²) in [4.78, 5) is 2.26. The lowest BCUT2D eigenvalue weighted by Crippen LogP contribution is -2.38.